The molecule has 0 unspecified atom stereocenters. The van der Waals surface area contributed by atoms with E-state index < -0.39 is 23.8 Å². The minimum Gasteiger partial charge on any atom is -0.479 e. The summed E-state index contributed by atoms with van der Waals surface area (Å²) in [5.74, 6) is 0.141. The number of esters is 1. The molecule has 0 radical (unpaired) electrons. The molecule has 1 atom stereocenters. The molecule has 0 amide bonds. The van der Waals surface area contributed by atoms with Crippen molar-refractivity contribution in [3.8, 4) is 11.8 Å². The van der Waals surface area contributed by atoms with Gasteiger partial charge in [-0.3, -0.25) is 4.68 Å². The minimum atomic E-state index is -4.41. The average molecular weight is 500 g/mol. The van der Waals surface area contributed by atoms with Gasteiger partial charge in [0.05, 0.1) is 42.8 Å². The van der Waals surface area contributed by atoms with Crippen molar-refractivity contribution in [3.05, 3.63) is 59.0 Å². The Morgan fingerprint density at radius 1 is 1.19 bits per heavy atom. The van der Waals surface area contributed by atoms with Crippen LogP contribution in [0.4, 0.5) is 13.2 Å². The molecule has 1 fully saturated rings. The van der Waals surface area contributed by atoms with Gasteiger partial charge in [0, 0.05) is 12.1 Å². The number of benzene rings is 1. The van der Waals surface area contributed by atoms with Crippen molar-refractivity contribution < 1.29 is 27.4 Å². The van der Waals surface area contributed by atoms with Crippen molar-refractivity contribution in [1.82, 2.24) is 29.5 Å². The normalized spacial score (nSPS) is 14.7. The van der Waals surface area contributed by atoms with Crippen LogP contribution in [0.15, 0.2) is 36.7 Å². The molecular formula is C24H23F3N6O3. The second-order valence-electron chi connectivity index (χ2n) is 8.52. The fraction of sp³-hybridized carbons (Fsp3) is 0.375. The molecule has 188 valence electrons. The number of methoxy groups -OCH3 is 1. The number of alkyl halides is 3. The van der Waals surface area contributed by atoms with Crippen molar-refractivity contribution in [2.45, 2.75) is 44.8 Å². The Labute approximate surface area is 203 Å². The van der Waals surface area contributed by atoms with Gasteiger partial charge in [0.15, 0.2) is 0 Å². The van der Waals surface area contributed by atoms with Crippen LogP contribution >= 0.6 is 0 Å². The Morgan fingerprint density at radius 2 is 1.92 bits per heavy atom. The molecule has 0 N–H and O–H groups in total. The van der Waals surface area contributed by atoms with Gasteiger partial charge in [-0.25, -0.2) is 14.5 Å². The highest BCUT2D eigenvalue weighted by Crippen LogP contribution is 2.44. The van der Waals surface area contributed by atoms with E-state index >= 15 is 0 Å². The third kappa shape index (κ3) is 4.27. The van der Waals surface area contributed by atoms with E-state index in [9.17, 15) is 18.0 Å². The number of hydrogen-bond donors (Lipinski definition) is 0. The van der Waals surface area contributed by atoms with Gasteiger partial charge < -0.3 is 9.47 Å². The van der Waals surface area contributed by atoms with Crippen LogP contribution in [0.2, 0.25) is 0 Å². The van der Waals surface area contributed by atoms with Crippen molar-refractivity contribution in [2.24, 2.45) is 0 Å². The van der Waals surface area contributed by atoms with Gasteiger partial charge >= 0.3 is 12.1 Å². The predicted octanol–water partition coefficient (Wildman–Crippen LogP) is 4.70. The molecule has 1 aliphatic rings. The van der Waals surface area contributed by atoms with Crippen LogP contribution in [0, 0.1) is 0 Å². The van der Waals surface area contributed by atoms with E-state index in [-0.39, 0.29) is 29.9 Å². The zero-order chi connectivity index (χ0) is 25.6. The monoisotopic (exact) mass is 500 g/mol. The van der Waals surface area contributed by atoms with E-state index in [0.717, 1.165) is 30.7 Å². The summed E-state index contributed by atoms with van der Waals surface area (Å²) in [5, 5.41) is 9.00. The third-order valence-corrected chi connectivity index (χ3v) is 6.07. The summed E-state index contributed by atoms with van der Waals surface area (Å²) in [6.07, 6.45) is 0.349. The first-order valence-corrected chi connectivity index (χ1v) is 11.4. The second kappa shape index (κ2) is 8.92. The van der Waals surface area contributed by atoms with Crippen LogP contribution in [-0.4, -0.2) is 49.2 Å². The maximum atomic E-state index is 13.0. The Kier molecular flexibility index (Phi) is 5.89. The van der Waals surface area contributed by atoms with Gasteiger partial charge in [0.25, 0.3) is 5.95 Å². The van der Waals surface area contributed by atoms with E-state index in [2.05, 4.69) is 10.1 Å². The first-order valence-electron chi connectivity index (χ1n) is 11.4. The molecule has 0 bridgehead atoms. The molecular weight excluding hydrogens is 477 g/mol. The number of hydrogen-bond acceptors (Lipinski definition) is 7. The fourth-order valence-corrected chi connectivity index (χ4v) is 4.02. The topological polar surface area (TPSA) is 96.9 Å². The number of halogens is 3. The van der Waals surface area contributed by atoms with Gasteiger partial charge in [-0.2, -0.15) is 28.4 Å². The SMILES string of the molecule is CCOC(=O)c1cnn(-c2nc(OC)c3c(n2)c(C2CC2)nn3[C@@H](C)c2ccc(C(F)(F)F)cc2)c1. The van der Waals surface area contributed by atoms with Gasteiger partial charge in [-0.1, -0.05) is 12.1 Å². The minimum absolute atomic E-state index is 0.193. The number of carbonyl (C=O) groups is 1. The number of ether oxygens (including phenoxy) is 2. The van der Waals surface area contributed by atoms with Crippen LogP contribution in [0.5, 0.6) is 5.88 Å². The Hall–Kier alpha value is -3.96. The summed E-state index contributed by atoms with van der Waals surface area (Å²) in [7, 11) is 1.47. The summed E-state index contributed by atoms with van der Waals surface area (Å²) in [6.45, 7) is 3.80. The zero-order valence-electron chi connectivity index (χ0n) is 19.8. The van der Waals surface area contributed by atoms with Gasteiger partial charge in [0.1, 0.15) is 11.0 Å². The molecule has 3 aromatic heterocycles. The average Bonchev–Trinajstić information content (AvgIpc) is 3.44. The van der Waals surface area contributed by atoms with Crippen LogP contribution in [0.3, 0.4) is 0 Å². The number of aromatic nitrogens is 6. The summed E-state index contributed by atoms with van der Waals surface area (Å²) in [6, 6.07) is 4.60. The first-order chi connectivity index (χ1) is 17.2. The number of fused-ring (bicyclic) bond motifs is 1. The summed E-state index contributed by atoms with van der Waals surface area (Å²) in [5.41, 5.74) is 2.07. The maximum absolute atomic E-state index is 13.0. The predicted molar refractivity (Wildman–Crippen MR) is 122 cm³/mol. The van der Waals surface area contributed by atoms with Crippen molar-refractivity contribution in [2.75, 3.05) is 13.7 Å². The van der Waals surface area contributed by atoms with Crippen LogP contribution < -0.4 is 4.74 Å². The highest BCUT2D eigenvalue weighted by Gasteiger charge is 2.34. The first kappa shape index (κ1) is 23.8. The van der Waals surface area contributed by atoms with Crippen LogP contribution in [0.25, 0.3) is 17.0 Å². The number of rotatable bonds is 7. The van der Waals surface area contributed by atoms with Gasteiger partial charge in [-0.05, 0) is 44.4 Å². The molecule has 0 saturated heterocycles. The fourth-order valence-electron chi connectivity index (χ4n) is 4.02. The summed E-state index contributed by atoms with van der Waals surface area (Å²) < 4.78 is 52.8. The maximum Gasteiger partial charge on any atom is 0.416 e. The molecule has 0 aliphatic heterocycles. The van der Waals surface area contributed by atoms with E-state index in [1.165, 1.54) is 36.3 Å². The molecule has 3 heterocycles. The lowest BCUT2D eigenvalue weighted by Gasteiger charge is -2.16. The van der Waals surface area contributed by atoms with E-state index in [1.54, 1.807) is 11.6 Å². The lowest BCUT2D eigenvalue weighted by atomic mass is 10.1. The van der Waals surface area contributed by atoms with Crippen molar-refractivity contribution in [1.29, 1.82) is 0 Å². The van der Waals surface area contributed by atoms with Crippen LogP contribution in [-0.2, 0) is 10.9 Å². The third-order valence-electron chi connectivity index (χ3n) is 6.07. The molecule has 1 aliphatic carbocycles. The molecule has 9 nitrogen and oxygen atoms in total. The second-order valence-corrected chi connectivity index (χ2v) is 8.52. The lowest BCUT2D eigenvalue weighted by Crippen LogP contribution is -2.12. The molecule has 5 rings (SSSR count). The standard InChI is InChI=1S/C24H23F3N6O3/c1-4-36-22(34)16-11-28-32(12-16)23-29-19-18(15-5-6-15)31-33(20(19)21(30-23)35-3)13(2)14-7-9-17(10-8-14)24(25,26)27/h7-13,15H,4-6H2,1-3H3/t13-/m0/s1. The molecule has 12 heteroatoms. The van der Waals surface area contributed by atoms with Crippen molar-refractivity contribution in [3.63, 3.8) is 0 Å². The Balaban J connectivity index is 1.59. The highest BCUT2D eigenvalue weighted by atomic mass is 19.4. The summed E-state index contributed by atoms with van der Waals surface area (Å²) in [4.78, 5) is 21.2. The number of carbonyl (C=O) groups excluding carboxylic acids is 1. The van der Waals surface area contributed by atoms with E-state index in [1.807, 2.05) is 6.92 Å². The molecule has 0 spiro atoms. The van der Waals surface area contributed by atoms with Crippen LogP contribution in [0.1, 0.15) is 65.8 Å². The quantitative estimate of drug-likeness (QED) is 0.339. The lowest BCUT2D eigenvalue weighted by molar-refractivity contribution is -0.137. The molecule has 1 saturated carbocycles. The number of nitrogens with zero attached hydrogens (tertiary/aromatic N) is 6. The van der Waals surface area contributed by atoms with Gasteiger partial charge in [-0.15, -0.1) is 0 Å². The summed E-state index contributed by atoms with van der Waals surface area (Å²) >= 11 is 0. The van der Waals surface area contributed by atoms with Crippen molar-refractivity contribution >= 4 is 17.0 Å². The highest BCUT2D eigenvalue weighted by molar-refractivity contribution is 5.89. The molecule has 36 heavy (non-hydrogen) atoms. The van der Waals surface area contributed by atoms with E-state index in [0.29, 0.717) is 16.6 Å². The van der Waals surface area contributed by atoms with E-state index in [4.69, 9.17) is 19.6 Å². The zero-order valence-corrected chi connectivity index (χ0v) is 19.8. The van der Waals surface area contributed by atoms with Gasteiger partial charge in [0.2, 0.25) is 5.88 Å². The Bertz CT molecular complexity index is 1420. The Morgan fingerprint density at radius 3 is 2.53 bits per heavy atom. The molecule has 1 aromatic carbocycles. The molecule has 4 aromatic rings. The smallest absolute Gasteiger partial charge is 0.416 e. The largest absolute Gasteiger partial charge is 0.479 e.